The molecule has 2 rings (SSSR count). The van der Waals surface area contributed by atoms with Gasteiger partial charge < -0.3 is 44.2 Å². The second-order valence-corrected chi connectivity index (χ2v) is 12.0. The molecule has 16 nitrogen and oxygen atoms in total. The number of aromatic nitrogens is 1. The highest BCUT2D eigenvalue weighted by Crippen LogP contribution is 2.13. The number of hydrogen-bond acceptors (Lipinski definition) is 10. The van der Waals surface area contributed by atoms with Crippen LogP contribution in [0.5, 0.6) is 0 Å². The summed E-state index contributed by atoms with van der Waals surface area (Å²) < 4.78 is 0. The van der Waals surface area contributed by atoms with Crippen LogP contribution in [0.25, 0.3) is 0 Å². The maximum absolute atomic E-state index is 13.8. The number of guanidine groups is 1. The Balaban J connectivity index is -0.00000600. The number of ketones is 1. The number of aliphatic imine (C=N–C) groups is 1. The van der Waals surface area contributed by atoms with Gasteiger partial charge >= 0.3 is 0 Å². The van der Waals surface area contributed by atoms with Crippen LogP contribution < -0.4 is 44.2 Å². The number of carbonyl (C=O) groups excluding carboxylic acids is 6. The van der Waals surface area contributed by atoms with Crippen LogP contribution in [-0.4, -0.2) is 83.5 Å². The van der Waals surface area contributed by atoms with Crippen LogP contribution in [-0.2, 0) is 30.4 Å². The Bertz CT molecular complexity index is 1400. The predicted molar refractivity (Wildman–Crippen MR) is 223 cm³/mol. The molecule has 0 radical (unpaired) electrons. The van der Waals surface area contributed by atoms with Crippen LogP contribution in [0.4, 0.5) is 0 Å². The number of nitrogens with one attached hydrogen (secondary N) is 4. The summed E-state index contributed by atoms with van der Waals surface area (Å²) in [4.78, 5) is 85.5. The smallest absolute Gasteiger partial charge is 0.243 e. The number of hydrogen-bond donors (Lipinski definition) is 8. The van der Waals surface area contributed by atoms with Gasteiger partial charge in [-0.3, -0.25) is 33.8 Å². The van der Waals surface area contributed by atoms with E-state index in [-0.39, 0.29) is 104 Å². The third-order valence-corrected chi connectivity index (χ3v) is 7.88. The first-order valence-electron chi connectivity index (χ1n) is 15.6. The van der Waals surface area contributed by atoms with Crippen LogP contribution in [0, 0.1) is 0 Å². The Hall–Kier alpha value is -3.50. The molecule has 0 saturated heterocycles. The number of thiazole rings is 1. The van der Waals surface area contributed by atoms with Gasteiger partial charge in [0.25, 0.3) is 0 Å². The summed E-state index contributed by atoms with van der Waals surface area (Å²) >= 11 is 1.12. The second-order valence-electron chi connectivity index (χ2n) is 11.1. The monoisotopic (exact) mass is 822 g/mol. The average molecular weight is 823 g/mol. The average Bonchev–Trinajstić information content (AvgIpc) is 3.58. The molecule has 0 bridgehead atoms. The normalized spacial score (nSPS) is 12.2. The highest BCUT2D eigenvalue weighted by atomic mass is 32.1. The van der Waals surface area contributed by atoms with Gasteiger partial charge in [-0.1, -0.05) is 30.3 Å². The molecule has 0 spiro atoms. The van der Waals surface area contributed by atoms with Crippen molar-refractivity contribution >= 4 is 107 Å². The first-order valence-corrected chi connectivity index (χ1v) is 16.5. The molecule has 2 aromatic rings. The topological polar surface area (TPSA) is 280 Å². The quantitative estimate of drug-likeness (QED) is 0.0324. The summed E-state index contributed by atoms with van der Waals surface area (Å²) in [5.41, 5.74) is 22.4. The minimum atomic E-state index is -1.28. The predicted octanol–water partition coefficient (Wildman–Crippen LogP) is -0.573. The molecule has 0 saturated carbocycles. The molecule has 1 aromatic heterocycles. The van der Waals surface area contributed by atoms with E-state index < -0.39 is 59.5 Å². The first-order chi connectivity index (χ1) is 22.9. The summed E-state index contributed by atoms with van der Waals surface area (Å²) in [6.45, 7) is 1.88. The third kappa shape index (κ3) is 20.5. The largest absolute Gasteiger partial charge is 0.370 e. The zero-order chi connectivity index (χ0) is 35.5. The van der Waals surface area contributed by atoms with Gasteiger partial charge in [-0.05, 0) is 50.6 Å². The number of carbonyl (C=O) groups is 6. The van der Waals surface area contributed by atoms with Crippen molar-refractivity contribution in [2.45, 2.75) is 82.5 Å². The van der Waals surface area contributed by atoms with E-state index in [9.17, 15) is 28.8 Å². The Morgan fingerprint density at radius 2 is 1.31 bits per heavy atom. The highest BCUT2D eigenvalue weighted by molar-refractivity contribution is 7.59. The first kappa shape index (κ1) is 52.9. The van der Waals surface area contributed by atoms with E-state index in [0.717, 1.165) is 11.3 Å². The lowest BCUT2D eigenvalue weighted by Gasteiger charge is -2.26. The van der Waals surface area contributed by atoms with Crippen molar-refractivity contribution in [3.8, 4) is 0 Å². The van der Waals surface area contributed by atoms with Crippen molar-refractivity contribution in [2.24, 2.45) is 27.9 Å². The standard InChI is InChI=1S/C31H46N10O6S.4H2S/c1-19(42)38-22(10-5-6-14-32)27(45)40-23(12-13-25(33)43)28(46)41-24(18-20-8-3-2-4-9-20)29(47)39-21(11-7-15-37-31(34)35)26(44)30-36-16-17-48-30;;;;/h2-4,8-9,16-17,21-24H,5-7,10-15,18,32H2,1H3,(H2,33,43)(H,38,42)(H,39,47)(H,40,45)(H,41,46)(H4,34,35,37);4*1H2/t21-,22-,23-,24-;;;;/m0..../s1. The van der Waals surface area contributed by atoms with Gasteiger partial charge in [-0.2, -0.15) is 54.0 Å². The lowest BCUT2D eigenvalue weighted by Crippen LogP contribution is -2.58. The summed E-state index contributed by atoms with van der Waals surface area (Å²) in [6, 6.07) is 4.42. The number of rotatable bonds is 22. The number of Topliss-reactive ketones (excluding diaryl/α,β-unsaturated/α-hetero) is 1. The molecule has 12 N–H and O–H groups in total. The number of unbranched alkanes of at least 4 members (excludes halogenated alkanes) is 1. The minimum Gasteiger partial charge on any atom is -0.370 e. The molecule has 5 amide bonds. The van der Waals surface area contributed by atoms with Crippen LogP contribution >= 0.6 is 65.3 Å². The Kier molecular flexibility index (Phi) is 29.5. The highest BCUT2D eigenvalue weighted by Gasteiger charge is 2.32. The van der Waals surface area contributed by atoms with E-state index in [2.05, 4.69) is 31.2 Å². The van der Waals surface area contributed by atoms with Crippen molar-refractivity contribution in [3.05, 3.63) is 52.5 Å². The zero-order valence-corrected chi connectivity index (χ0v) is 33.8. The number of nitrogens with zero attached hydrogens (tertiary/aromatic N) is 2. The number of amides is 5. The van der Waals surface area contributed by atoms with Crippen LogP contribution in [0.15, 0.2) is 46.9 Å². The molecule has 0 fully saturated rings. The van der Waals surface area contributed by atoms with Crippen molar-refractivity contribution in [1.82, 2.24) is 26.3 Å². The van der Waals surface area contributed by atoms with E-state index in [1.54, 1.807) is 35.7 Å². The fraction of sp³-hybridized carbons (Fsp3) is 0.484. The molecule has 52 heavy (non-hydrogen) atoms. The summed E-state index contributed by atoms with van der Waals surface area (Å²) in [5, 5.41) is 12.4. The fourth-order valence-electron chi connectivity index (χ4n) is 4.70. The Labute approximate surface area is 336 Å². The molecular weight excluding hydrogens is 769 g/mol. The van der Waals surface area contributed by atoms with Crippen molar-refractivity contribution in [2.75, 3.05) is 13.1 Å². The van der Waals surface area contributed by atoms with E-state index >= 15 is 0 Å². The number of nitrogens with two attached hydrogens (primary N) is 4. The molecular formula is C31H54N10O6S5. The van der Waals surface area contributed by atoms with Gasteiger partial charge in [0.1, 0.15) is 18.1 Å². The Morgan fingerprint density at radius 3 is 1.85 bits per heavy atom. The maximum Gasteiger partial charge on any atom is 0.243 e. The SMILES string of the molecule is CC(=O)N[C@@H](CCCCN)C(=O)N[C@@H](CCC(N)=O)C(=O)N[C@@H](Cc1ccccc1)C(=O)N[C@@H](CCCN=C(N)N)C(=O)c1nccs1.S.S.S.S. The van der Waals surface area contributed by atoms with E-state index in [0.29, 0.717) is 31.4 Å². The lowest BCUT2D eigenvalue weighted by molar-refractivity contribution is -0.134. The van der Waals surface area contributed by atoms with Crippen LogP contribution in [0.1, 0.15) is 67.2 Å². The van der Waals surface area contributed by atoms with Crippen molar-refractivity contribution in [1.29, 1.82) is 0 Å². The second kappa shape index (κ2) is 29.0. The molecule has 0 aliphatic heterocycles. The summed E-state index contributed by atoms with van der Waals surface area (Å²) in [7, 11) is 0. The van der Waals surface area contributed by atoms with Gasteiger partial charge in [-0.15, -0.1) is 11.3 Å². The molecule has 1 aromatic carbocycles. The van der Waals surface area contributed by atoms with Gasteiger partial charge in [0.2, 0.25) is 35.3 Å². The van der Waals surface area contributed by atoms with Crippen LogP contribution in [0.3, 0.4) is 0 Å². The minimum absolute atomic E-state index is 0. The van der Waals surface area contributed by atoms with E-state index in [1.165, 1.54) is 13.1 Å². The van der Waals surface area contributed by atoms with E-state index in [1.807, 2.05) is 0 Å². The fourth-order valence-corrected chi connectivity index (χ4v) is 5.34. The lowest BCUT2D eigenvalue weighted by atomic mass is 10.0. The summed E-state index contributed by atoms with van der Waals surface area (Å²) in [6.07, 6.45) is 3.06. The summed E-state index contributed by atoms with van der Waals surface area (Å²) in [5.74, 6) is -3.75. The number of primary amides is 1. The molecule has 0 aliphatic rings. The molecule has 294 valence electrons. The van der Waals surface area contributed by atoms with Gasteiger partial charge in [-0.25, -0.2) is 4.98 Å². The van der Waals surface area contributed by atoms with Gasteiger partial charge in [0.05, 0.1) is 6.04 Å². The molecule has 1 heterocycles. The Morgan fingerprint density at radius 1 is 0.750 bits per heavy atom. The molecule has 0 unspecified atom stereocenters. The van der Waals surface area contributed by atoms with E-state index in [4.69, 9.17) is 22.9 Å². The molecule has 21 heteroatoms. The van der Waals surface area contributed by atoms with Gasteiger partial charge in [0.15, 0.2) is 11.0 Å². The zero-order valence-electron chi connectivity index (χ0n) is 29.0. The van der Waals surface area contributed by atoms with Crippen LogP contribution in [0.2, 0.25) is 0 Å². The number of benzene rings is 1. The van der Waals surface area contributed by atoms with Crippen molar-refractivity contribution < 1.29 is 28.8 Å². The third-order valence-electron chi connectivity index (χ3n) is 7.09. The van der Waals surface area contributed by atoms with Gasteiger partial charge in [0, 0.05) is 37.9 Å². The van der Waals surface area contributed by atoms with Crippen molar-refractivity contribution in [3.63, 3.8) is 0 Å². The maximum atomic E-state index is 13.8. The molecule has 4 atom stereocenters. The molecule has 0 aliphatic carbocycles.